The zero-order chi connectivity index (χ0) is 38.7. The molecular formula is C43H50N4O7. The predicted octanol–water partition coefficient (Wildman–Crippen LogP) is 8.02. The highest BCUT2D eigenvalue weighted by atomic mass is 16.6. The Hall–Kier alpha value is -5.84. The van der Waals surface area contributed by atoms with Gasteiger partial charge in [-0.1, -0.05) is 60.7 Å². The number of ether oxygens (including phenoxy) is 3. The van der Waals surface area contributed by atoms with Crippen LogP contribution >= 0.6 is 0 Å². The van der Waals surface area contributed by atoms with Crippen LogP contribution in [0.4, 0.5) is 21.0 Å². The molecule has 11 nitrogen and oxygen atoms in total. The average Bonchev–Trinajstić information content (AvgIpc) is 3.18. The van der Waals surface area contributed by atoms with Crippen molar-refractivity contribution in [3.63, 3.8) is 0 Å². The summed E-state index contributed by atoms with van der Waals surface area (Å²) in [7, 11) is 2.74. The zero-order valence-electron chi connectivity index (χ0n) is 31.7. The molecular weight excluding hydrogens is 684 g/mol. The molecule has 284 valence electrons. The van der Waals surface area contributed by atoms with Crippen molar-refractivity contribution in [2.75, 3.05) is 50.6 Å². The van der Waals surface area contributed by atoms with E-state index in [1.165, 1.54) is 14.2 Å². The minimum Gasteiger partial charge on any atom is -0.465 e. The van der Waals surface area contributed by atoms with Crippen LogP contribution in [-0.2, 0) is 27.3 Å². The number of para-hydroxylation sites is 2. The second-order valence-electron chi connectivity index (χ2n) is 14.6. The Kier molecular flexibility index (Phi) is 13.0. The fourth-order valence-corrected chi connectivity index (χ4v) is 6.44. The number of rotatable bonds is 8. The second-order valence-corrected chi connectivity index (χ2v) is 14.6. The number of nitrogens with one attached hydrogen (secondary N) is 1. The molecule has 0 atom stereocenters. The molecule has 0 saturated carbocycles. The number of hydrogen-bond donors (Lipinski definition) is 1. The first-order valence-corrected chi connectivity index (χ1v) is 18.1. The van der Waals surface area contributed by atoms with Crippen molar-refractivity contribution in [3.8, 4) is 0 Å². The minimum atomic E-state index is -0.504. The number of anilines is 2. The van der Waals surface area contributed by atoms with Gasteiger partial charge < -0.3 is 29.3 Å². The zero-order valence-corrected chi connectivity index (χ0v) is 31.7. The van der Waals surface area contributed by atoms with Gasteiger partial charge in [-0.05, 0) is 93.3 Å². The van der Waals surface area contributed by atoms with E-state index in [9.17, 15) is 19.2 Å². The number of urea groups is 1. The molecule has 2 aliphatic heterocycles. The molecule has 4 aromatic carbocycles. The van der Waals surface area contributed by atoms with E-state index >= 15 is 0 Å². The number of piperidine rings is 1. The van der Waals surface area contributed by atoms with Crippen molar-refractivity contribution in [3.05, 3.63) is 131 Å². The summed E-state index contributed by atoms with van der Waals surface area (Å²) < 4.78 is 14.9. The smallest absolute Gasteiger partial charge is 0.410 e. The van der Waals surface area contributed by atoms with Gasteiger partial charge in [-0.2, -0.15) is 0 Å². The Morgan fingerprint density at radius 1 is 0.685 bits per heavy atom. The van der Waals surface area contributed by atoms with Gasteiger partial charge in [-0.15, -0.1) is 0 Å². The Balaban J connectivity index is 0.000000260. The Morgan fingerprint density at radius 2 is 1.19 bits per heavy atom. The summed E-state index contributed by atoms with van der Waals surface area (Å²) >= 11 is 0. The molecule has 54 heavy (non-hydrogen) atoms. The summed E-state index contributed by atoms with van der Waals surface area (Å²) in [4.78, 5) is 54.5. The van der Waals surface area contributed by atoms with Crippen LogP contribution in [0.1, 0.15) is 65.5 Å². The van der Waals surface area contributed by atoms with Gasteiger partial charge in [-0.3, -0.25) is 4.90 Å². The molecule has 0 radical (unpaired) electrons. The molecule has 2 saturated heterocycles. The summed E-state index contributed by atoms with van der Waals surface area (Å²) in [6.45, 7) is 9.38. The Morgan fingerprint density at radius 3 is 1.69 bits per heavy atom. The fraction of sp³-hybridized carbons (Fsp3) is 0.349. The van der Waals surface area contributed by atoms with E-state index in [-0.39, 0.29) is 29.5 Å². The lowest BCUT2D eigenvalue weighted by Gasteiger charge is -2.53. The highest BCUT2D eigenvalue weighted by Gasteiger charge is 2.48. The fourth-order valence-electron chi connectivity index (χ4n) is 6.44. The number of carbonyl (C=O) groups is 4. The van der Waals surface area contributed by atoms with Gasteiger partial charge in [0.05, 0.1) is 31.9 Å². The first-order valence-electron chi connectivity index (χ1n) is 18.1. The van der Waals surface area contributed by atoms with Gasteiger partial charge >= 0.3 is 24.1 Å². The van der Waals surface area contributed by atoms with E-state index in [0.29, 0.717) is 43.9 Å². The molecule has 0 aromatic heterocycles. The van der Waals surface area contributed by atoms with Crippen LogP contribution in [0.15, 0.2) is 109 Å². The third kappa shape index (κ3) is 10.6. The lowest BCUT2D eigenvalue weighted by atomic mass is 9.72. The monoisotopic (exact) mass is 734 g/mol. The number of likely N-dealkylation sites (tertiary alicyclic amines) is 2. The molecule has 6 rings (SSSR count). The molecule has 4 aromatic rings. The van der Waals surface area contributed by atoms with E-state index < -0.39 is 5.60 Å². The number of esters is 2. The average molecular weight is 735 g/mol. The summed E-state index contributed by atoms with van der Waals surface area (Å²) in [5.41, 5.74) is 4.54. The Bertz CT molecular complexity index is 1840. The molecule has 2 heterocycles. The van der Waals surface area contributed by atoms with Crippen LogP contribution in [0.3, 0.4) is 0 Å². The minimum absolute atomic E-state index is 0.0450. The summed E-state index contributed by atoms with van der Waals surface area (Å²) in [5, 5.41) is 3.31. The molecule has 0 aliphatic carbocycles. The lowest BCUT2D eigenvalue weighted by Crippen LogP contribution is -2.63. The van der Waals surface area contributed by atoms with E-state index in [4.69, 9.17) is 9.47 Å². The lowest BCUT2D eigenvalue weighted by molar-refractivity contribution is -0.0548. The van der Waals surface area contributed by atoms with Crippen molar-refractivity contribution in [1.82, 2.24) is 9.80 Å². The van der Waals surface area contributed by atoms with Crippen LogP contribution in [0.25, 0.3) is 0 Å². The maximum Gasteiger partial charge on any atom is 0.410 e. The number of benzene rings is 4. The maximum atomic E-state index is 13.7. The molecule has 0 unspecified atom stereocenters. The summed E-state index contributed by atoms with van der Waals surface area (Å²) in [6.07, 6.45) is 1.45. The molecule has 11 heteroatoms. The second kappa shape index (κ2) is 17.8. The van der Waals surface area contributed by atoms with Crippen molar-refractivity contribution < 1.29 is 33.4 Å². The quantitative estimate of drug-likeness (QED) is 0.143. The highest BCUT2D eigenvalue weighted by Crippen LogP contribution is 2.41. The van der Waals surface area contributed by atoms with Gasteiger partial charge in [0.15, 0.2) is 0 Å². The van der Waals surface area contributed by atoms with Crippen molar-refractivity contribution in [2.24, 2.45) is 5.41 Å². The largest absolute Gasteiger partial charge is 0.465 e. The topological polar surface area (TPSA) is 118 Å². The van der Waals surface area contributed by atoms with Crippen LogP contribution in [0.2, 0.25) is 0 Å². The van der Waals surface area contributed by atoms with Gasteiger partial charge in [0.1, 0.15) is 5.60 Å². The standard InChI is InChI=1S/C28H35N3O5.C15H15NO2/c1-27(2,3)36-26(34)30-19-28(20-30)14-16-29(17-15-28)25(33)31(23-8-6-5-7-9-23)18-21-10-12-22(13-11-21)24(32)35-4;1-18-15(17)13-9-7-12(8-10-13)11-16-14-5-3-2-4-6-14/h5-13H,14-20H2,1-4H3;2-10,16H,11H2,1H3. The van der Waals surface area contributed by atoms with Crippen molar-refractivity contribution in [2.45, 2.75) is 52.3 Å². The molecule has 3 amide bonds. The number of hydrogen-bond acceptors (Lipinski definition) is 8. The van der Waals surface area contributed by atoms with Crippen LogP contribution in [-0.4, -0.2) is 79.9 Å². The van der Waals surface area contributed by atoms with Crippen LogP contribution in [0.5, 0.6) is 0 Å². The van der Waals surface area contributed by atoms with E-state index in [1.807, 2.05) is 111 Å². The van der Waals surface area contributed by atoms with Gasteiger partial charge in [0.2, 0.25) is 0 Å². The first kappa shape index (κ1) is 39.4. The molecule has 2 fully saturated rings. The molecule has 1 spiro atoms. The number of amides is 3. The van der Waals surface area contributed by atoms with E-state index in [0.717, 1.165) is 41.9 Å². The van der Waals surface area contributed by atoms with Crippen molar-refractivity contribution in [1.29, 1.82) is 0 Å². The normalized spacial score (nSPS) is 14.5. The Labute approximate surface area is 317 Å². The first-order chi connectivity index (χ1) is 25.9. The maximum absolute atomic E-state index is 13.7. The highest BCUT2D eigenvalue weighted by molar-refractivity contribution is 5.92. The third-order valence-corrected chi connectivity index (χ3v) is 9.46. The SMILES string of the molecule is COC(=O)c1ccc(CN(C(=O)N2CCC3(CC2)CN(C(=O)OC(C)(C)C)C3)c2ccccc2)cc1.COC(=O)c1ccc(CNc2ccccc2)cc1. The molecule has 0 bridgehead atoms. The molecule has 2 aliphatic rings. The summed E-state index contributed by atoms with van der Waals surface area (Å²) in [5.74, 6) is -0.696. The van der Waals surface area contributed by atoms with Gasteiger partial charge in [-0.25, -0.2) is 19.2 Å². The number of nitrogens with zero attached hydrogens (tertiary/aromatic N) is 3. The molecule has 1 N–H and O–H groups in total. The third-order valence-electron chi connectivity index (χ3n) is 9.46. The van der Waals surface area contributed by atoms with E-state index in [2.05, 4.69) is 10.1 Å². The van der Waals surface area contributed by atoms with Gasteiger partial charge in [0.25, 0.3) is 0 Å². The van der Waals surface area contributed by atoms with Crippen LogP contribution < -0.4 is 10.2 Å². The van der Waals surface area contributed by atoms with Crippen molar-refractivity contribution >= 4 is 35.4 Å². The predicted molar refractivity (Wildman–Crippen MR) is 208 cm³/mol. The van der Waals surface area contributed by atoms with Crippen LogP contribution in [0, 0.1) is 5.41 Å². The number of carbonyl (C=O) groups excluding carboxylic acids is 4. The number of methoxy groups -OCH3 is 2. The summed E-state index contributed by atoms with van der Waals surface area (Å²) in [6, 6.07) is 34.1. The van der Waals surface area contributed by atoms with E-state index in [1.54, 1.807) is 34.1 Å². The van der Waals surface area contributed by atoms with Gasteiger partial charge in [0, 0.05) is 49.5 Å².